The summed E-state index contributed by atoms with van der Waals surface area (Å²) >= 11 is 3.45. The van der Waals surface area contributed by atoms with Crippen molar-refractivity contribution in [3.63, 3.8) is 0 Å². The zero-order valence-electron chi connectivity index (χ0n) is 10.7. The number of aryl methyl sites for hydroxylation is 1. The molecule has 3 nitrogen and oxygen atoms in total. The molecule has 2 rings (SSSR count). The van der Waals surface area contributed by atoms with Gasteiger partial charge in [0.15, 0.2) is 5.78 Å². The molecule has 0 aromatic heterocycles. The second kappa shape index (κ2) is 5.45. The monoisotopic (exact) mass is 319 g/mol. The van der Waals surface area contributed by atoms with Crippen molar-refractivity contribution >= 4 is 27.4 Å². The Morgan fingerprint density at radius 2 is 1.95 bits per heavy atom. The van der Waals surface area contributed by atoms with Gasteiger partial charge in [0.05, 0.1) is 4.47 Å². The van der Waals surface area contributed by atoms with E-state index in [1.54, 1.807) is 18.2 Å². The molecule has 0 fully saturated rings. The number of carbonyl (C=O) groups excluding carboxylic acids is 1. The van der Waals surface area contributed by atoms with Crippen molar-refractivity contribution in [2.45, 2.75) is 13.8 Å². The van der Waals surface area contributed by atoms with E-state index >= 15 is 0 Å². The van der Waals surface area contributed by atoms with Gasteiger partial charge in [-0.15, -0.1) is 0 Å². The van der Waals surface area contributed by atoms with E-state index in [2.05, 4.69) is 15.9 Å². The Morgan fingerprint density at radius 3 is 2.58 bits per heavy atom. The molecule has 0 unspecified atom stereocenters. The first kappa shape index (κ1) is 13.6. The van der Waals surface area contributed by atoms with E-state index in [9.17, 15) is 4.79 Å². The number of hydrogen-bond acceptors (Lipinski definition) is 3. The summed E-state index contributed by atoms with van der Waals surface area (Å²) in [5.74, 6) is 1.21. The second-order valence-electron chi connectivity index (χ2n) is 4.34. The van der Waals surface area contributed by atoms with Gasteiger partial charge in [-0.2, -0.15) is 0 Å². The maximum absolute atomic E-state index is 11.4. The summed E-state index contributed by atoms with van der Waals surface area (Å²) in [5, 5.41) is 0. The van der Waals surface area contributed by atoms with Crippen molar-refractivity contribution < 1.29 is 9.53 Å². The van der Waals surface area contributed by atoms with E-state index in [0.29, 0.717) is 22.7 Å². The highest BCUT2D eigenvalue weighted by Crippen LogP contribution is 2.31. The van der Waals surface area contributed by atoms with Gasteiger partial charge in [0.2, 0.25) is 0 Å². The van der Waals surface area contributed by atoms with Crippen LogP contribution < -0.4 is 10.5 Å². The minimum atomic E-state index is -0.0779. The molecule has 2 aromatic carbocycles. The number of rotatable bonds is 3. The van der Waals surface area contributed by atoms with Gasteiger partial charge in [0.1, 0.15) is 11.5 Å². The van der Waals surface area contributed by atoms with E-state index in [1.807, 2.05) is 25.1 Å². The van der Waals surface area contributed by atoms with Gasteiger partial charge in [-0.25, -0.2) is 0 Å². The first-order valence-electron chi connectivity index (χ1n) is 5.82. The number of nitrogens with two attached hydrogens (primary N) is 1. The number of ketones is 1. The summed E-state index contributed by atoms with van der Waals surface area (Å²) in [6, 6.07) is 10.9. The third-order valence-electron chi connectivity index (χ3n) is 2.72. The van der Waals surface area contributed by atoms with Gasteiger partial charge >= 0.3 is 0 Å². The number of carbonyl (C=O) groups is 1. The lowest BCUT2D eigenvalue weighted by molar-refractivity contribution is 0.101. The van der Waals surface area contributed by atoms with Crippen LogP contribution in [-0.4, -0.2) is 5.78 Å². The van der Waals surface area contributed by atoms with Gasteiger partial charge in [-0.05, 0) is 65.7 Å². The van der Waals surface area contributed by atoms with Crippen LogP contribution in [-0.2, 0) is 0 Å². The van der Waals surface area contributed by atoms with Crippen LogP contribution in [0.1, 0.15) is 22.8 Å². The molecule has 2 aromatic rings. The predicted octanol–water partition coefficient (Wildman–Crippen LogP) is 4.33. The summed E-state index contributed by atoms with van der Waals surface area (Å²) in [7, 11) is 0. The Bertz CT molecular complexity index is 638. The quantitative estimate of drug-likeness (QED) is 0.676. The molecule has 0 saturated heterocycles. The summed E-state index contributed by atoms with van der Waals surface area (Å²) < 4.78 is 6.62. The summed E-state index contributed by atoms with van der Waals surface area (Å²) in [5.41, 5.74) is 7.82. The molecule has 0 radical (unpaired) electrons. The SMILES string of the molecule is CC(=O)c1cc(Oc2ccc(C)cc2Br)ccc1N. The van der Waals surface area contributed by atoms with Crippen LogP contribution >= 0.6 is 15.9 Å². The van der Waals surface area contributed by atoms with E-state index in [0.717, 1.165) is 10.0 Å². The summed E-state index contributed by atoms with van der Waals surface area (Å²) in [6.07, 6.45) is 0. The Labute approximate surface area is 120 Å². The zero-order valence-corrected chi connectivity index (χ0v) is 12.3. The van der Waals surface area contributed by atoms with E-state index in [-0.39, 0.29) is 5.78 Å². The highest BCUT2D eigenvalue weighted by atomic mass is 79.9. The van der Waals surface area contributed by atoms with Gasteiger partial charge in [0, 0.05) is 11.3 Å². The number of hydrogen-bond donors (Lipinski definition) is 1. The molecule has 0 atom stereocenters. The third kappa shape index (κ3) is 3.15. The molecule has 0 amide bonds. The normalized spacial score (nSPS) is 10.3. The van der Waals surface area contributed by atoms with Gasteiger partial charge in [0.25, 0.3) is 0 Å². The molecule has 0 aliphatic carbocycles. The predicted molar refractivity (Wildman–Crippen MR) is 79.8 cm³/mol. The van der Waals surface area contributed by atoms with Crippen molar-refractivity contribution in [1.82, 2.24) is 0 Å². The molecule has 2 N–H and O–H groups in total. The average Bonchev–Trinajstić information content (AvgIpc) is 2.34. The van der Waals surface area contributed by atoms with Crippen LogP contribution in [0.15, 0.2) is 40.9 Å². The molecular weight excluding hydrogens is 306 g/mol. The first-order chi connectivity index (χ1) is 8.97. The smallest absolute Gasteiger partial charge is 0.162 e. The van der Waals surface area contributed by atoms with Gasteiger partial charge in [-0.1, -0.05) is 6.07 Å². The topological polar surface area (TPSA) is 52.3 Å². The molecule has 0 aliphatic rings. The maximum atomic E-state index is 11.4. The molecule has 4 heteroatoms. The highest BCUT2D eigenvalue weighted by Gasteiger charge is 2.08. The second-order valence-corrected chi connectivity index (χ2v) is 5.20. The minimum absolute atomic E-state index is 0.0779. The number of ether oxygens (including phenoxy) is 1. The Kier molecular flexibility index (Phi) is 3.90. The largest absolute Gasteiger partial charge is 0.456 e. The number of anilines is 1. The summed E-state index contributed by atoms with van der Waals surface area (Å²) in [6.45, 7) is 3.49. The lowest BCUT2D eigenvalue weighted by Crippen LogP contribution is -1.99. The fraction of sp³-hybridized carbons (Fsp3) is 0.133. The number of benzene rings is 2. The fourth-order valence-corrected chi connectivity index (χ4v) is 2.29. The van der Waals surface area contributed by atoms with Crippen LogP contribution in [0.4, 0.5) is 5.69 Å². The van der Waals surface area contributed by atoms with Crippen LogP contribution in [0.25, 0.3) is 0 Å². The van der Waals surface area contributed by atoms with Crippen LogP contribution in [0, 0.1) is 6.92 Å². The van der Waals surface area contributed by atoms with Crippen LogP contribution in [0.5, 0.6) is 11.5 Å². The number of nitrogen functional groups attached to an aromatic ring is 1. The van der Waals surface area contributed by atoms with Crippen molar-refractivity contribution in [3.8, 4) is 11.5 Å². The number of Topliss-reactive ketones (excluding diaryl/α,β-unsaturated/α-hetero) is 1. The van der Waals surface area contributed by atoms with E-state index < -0.39 is 0 Å². The summed E-state index contributed by atoms with van der Waals surface area (Å²) in [4.78, 5) is 11.4. The van der Waals surface area contributed by atoms with Crippen LogP contribution in [0.2, 0.25) is 0 Å². The maximum Gasteiger partial charge on any atom is 0.162 e. The molecule has 0 spiro atoms. The number of halogens is 1. The molecule has 19 heavy (non-hydrogen) atoms. The molecule has 0 bridgehead atoms. The first-order valence-corrected chi connectivity index (χ1v) is 6.61. The fourth-order valence-electron chi connectivity index (χ4n) is 1.72. The van der Waals surface area contributed by atoms with Gasteiger partial charge < -0.3 is 10.5 Å². The molecular formula is C15H14BrNO2. The Hall–Kier alpha value is -1.81. The van der Waals surface area contributed by atoms with Crippen molar-refractivity contribution in [2.24, 2.45) is 0 Å². The van der Waals surface area contributed by atoms with E-state index in [4.69, 9.17) is 10.5 Å². The van der Waals surface area contributed by atoms with Crippen molar-refractivity contribution in [3.05, 3.63) is 52.0 Å². The standard InChI is InChI=1S/C15H14BrNO2/c1-9-3-6-15(13(16)7-9)19-11-4-5-14(17)12(8-11)10(2)18/h3-8H,17H2,1-2H3. The van der Waals surface area contributed by atoms with Crippen LogP contribution in [0.3, 0.4) is 0 Å². The third-order valence-corrected chi connectivity index (χ3v) is 3.34. The average molecular weight is 320 g/mol. The zero-order chi connectivity index (χ0) is 14.0. The molecule has 0 saturated carbocycles. The Balaban J connectivity index is 2.33. The lowest BCUT2D eigenvalue weighted by Gasteiger charge is -2.10. The van der Waals surface area contributed by atoms with E-state index in [1.165, 1.54) is 6.92 Å². The van der Waals surface area contributed by atoms with Crippen molar-refractivity contribution in [2.75, 3.05) is 5.73 Å². The van der Waals surface area contributed by atoms with Crippen molar-refractivity contribution in [1.29, 1.82) is 0 Å². The lowest BCUT2D eigenvalue weighted by atomic mass is 10.1. The molecule has 98 valence electrons. The minimum Gasteiger partial charge on any atom is -0.456 e. The van der Waals surface area contributed by atoms with Gasteiger partial charge in [-0.3, -0.25) is 4.79 Å². The Morgan fingerprint density at radius 1 is 1.21 bits per heavy atom. The molecule has 0 heterocycles. The highest BCUT2D eigenvalue weighted by molar-refractivity contribution is 9.10. The molecule has 0 aliphatic heterocycles.